The Morgan fingerprint density at radius 3 is 2.22 bits per heavy atom. The van der Waals surface area contributed by atoms with Gasteiger partial charge in [-0.1, -0.05) is 43.3 Å². The van der Waals surface area contributed by atoms with E-state index in [-0.39, 0.29) is 6.67 Å². The van der Waals surface area contributed by atoms with Crippen LogP contribution >= 0.6 is 0 Å². The van der Waals surface area contributed by atoms with E-state index in [1.807, 2.05) is 6.92 Å². The Morgan fingerprint density at radius 2 is 1.70 bits per heavy atom. The van der Waals surface area contributed by atoms with Crippen molar-refractivity contribution in [2.75, 3.05) is 13.2 Å². The first-order valence-corrected chi connectivity index (χ1v) is 7.26. The largest absolute Gasteiger partial charge is 0.416 e. The molecule has 3 rings (SSSR count). The van der Waals surface area contributed by atoms with Gasteiger partial charge in [-0.25, -0.2) is 10.8 Å². The van der Waals surface area contributed by atoms with Crippen LogP contribution in [0.25, 0.3) is 11.1 Å². The highest BCUT2D eigenvalue weighted by molar-refractivity contribution is 5.64. The molecule has 1 saturated heterocycles. The van der Waals surface area contributed by atoms with E-state index in [0.717, 1.165) is 23.0 Å². The summed E-state index contributed by atoms with van der Waals surface area (Å²) in [6.07, 6.45) is -5.89. The van der Waals surface area contributed by atoms with E-state index in [0.29, 0.717) is 23.2 Å². The third kappa shape index (κ3) is 3.39. The number of rotatable bonds is 3. The lowest BCUT2D eigenvalue weighted by Gasteiger charge is -2.21. The molecule has 6 heteroatoms. The van der Waals surface area contributed by atoms with Gasteiger partial charge in [-0.3, -0.25) is 4.90 Å². The molecule has 1 atom stereocenters. The predicted molar refractivity (Wildman–Crippen MR) is 83.1 cm³/mol. The fraction of sp³-hybridized carbons (Fsp3) is 0.294. The number of hydrogen-bond acceptors (Lipinski definition) is 3. The van der Waals surface area contributed by atoms with Crippen molar-refractivity contribution in [3.8, 4) is 11.1 Å². The summed E-state index contributed by atoms with van der Waals surface area (Å²) in [6, 6.07) is 11.6. The van der Waals surface area contributed by atoms with Crippen molar-refractivity contribution in [2.24, 2.45) is 0 Å². The van der Waals surface area contributed by atoms with E-state index in [9.17, 15) is 13.2 Å². The first kappa shape index (κ1) is 12.5. The maximum absolute atomic E-state index is 12.7. The second kappa shape index (κ2) is 6.31. The van der Waals surface area contributed by atoms with Gasteiger partial charge in [-0.05, 0) is 35.4 Å². The van der Waals surface area contributed by atoms with Crippen molar-refractivity contribution in [1.29, 1.82) is 0 Å². The molecule has 0 spiro atoms. The molecule has 3 nitrogen and oxygen atoms in total. The minimum Gasteiger partial charge on any atom is -0.269 e. The molecule has 0 radical (unpaired) electrons. The molecule has 122 valence electrons. The molecule has 1 fully saturated rings. The molecule has 0 saturated carbocycles. The Morgan fingerprint density at radius 1 is 1.13 bits per heavy atom. The number of nitrogens with zero attached hydrogens (tertiary/aromatic N) is 1. The smallest absolute Gasteiger partial charge is 0.269 e. The standard InChI is InChI=1S/C17H18F3N3/c1-2-23-11-21-22-16(23)14-5-3-12(4-6-14)13-7-9-15(10-8-13)17(18,19)20/h3-10,16,21-22H,2,11H2,1H3/i16D/hD2. The molecule has 1 heterocycles. The number of hydrogen-bond donors (Lipinski definition) is 2. The fourth-order valence-electron chi connectivity index (χ4n) is 2.46. The number of alkyl halides is 3. The zero-order chi connectivity index (χ0) is 19.1. The quantitative estimate of drug-likeness (QED) is 0.900. The minimum absolute atomic E-state index is 0.143. The van der Waals surface area contributed by atoms with Gasteiger partial charge in [0.1, 0.15) is 2.82 Å². The summed E-state index contributed by atoms with van der Waals surface area (Å²) in [4.78, 5) is 1.67. The van der Waals surface area contributed by atoms with Gasteiger partial charge in [-0.2, -0.15) is 13.2 Å². The van der Waals surface area contributed by atoms with Crippen LogP contribution in [0.4, 0.5) is 13.2 Å². The summed E-state index contributed by atoms with van der Waals surface area (Å²) in [5, 5.41) is 0. The minimum atomic E-state index is -4.37. The van der Waals surface area contributed by atoms with E-state index < -0.39 is 17.9 Å². The van der Waals surface area contributed by atoms with E-state index in [1.165, 1.54) is 12.1 Å². The monoisotopic (exact) mass is 324 g/mol. The SMILES string of the molecule is [2H]N1CN(CC)C([2H])(c2ccc(-c3ccc(C(F)(F)F)cc3)cc2)N1[2H]. The zero-order valence-corrected chi connectivity index (χ0v) is 12.5. The van der Waals surface area contributed by atoms with Gasteiger partial charge in [0.05, 0.1) is 19.7 Å². The Kier molecular flexibility index (Phi) is 3.44. The molecule has 0 bridgehead atoms. The number of halogens is 3. The summed E-state index contributed by atoms with van der Waals surface area (Å²) in [7, 11) is 0. The third-order valence-corrected chi connectivity index (χ3v) is 3.77. The van der Waals surface area contributed by atoms with Crippen LogP contribution in [-0.4, -0.2) is 18.1 Å². The van der Waals surface area contributed by atoms with Crippen molar-refractivity contribution in [3.63, 3.8) is 0 Å². The predicted octanol–water partition coefficient (Wildman–Crippen LogP) is 3.76. The average Bonchev–Trinajstić information content (AvgIpc) is 2.86. The van der Waals surface area contributed by atoms with Gasteiger partial charge >= 0.3 is 6.18 Å². The first-order valence-electron chi connectivity index (χ1n) is 8.66. The molecule has 1 unspecified atom stereocenters. The lowest BCUT2D eigenvalue weighted by molar-refractivity contribution is -0.137. The molecule has 0 aliphatic carbocycles. The number of benzene rings is 2. The summed E-state index contributed by atoms with van der Waals surface area (Å²) in [5.41, 5.74) is 2.86. The summed E-state index contributed by atoms with van der Waals surface area (Å²) in [5.74, 6) is 0. The highest BCUT2D eigenvalue weighted by Crippen LogP contribution is 2.31. The van der Waals surface area contributed by atoms with Crippen molar-refractivity contribution >= 4 is 0 Å². The van der Waals surface area contributed by atoms with Gasteiger partial charge in [0.25, 0.3) is 0 Å². The molecule has 1 aliphatic heterocycles. The van der Waals surface area contributed by atoms with E-state index in [1.54, 1.807) is 29.2 Å². The molecule has 0 aromatic heterocycles. The third-order valence-electron chi connectivity index (χ3n) is 3.77. The Hall–Kier alpha value is -1.89. The van der Waals surface area contributed by atoms with Gasteiger partial charge in [0.2, 0.25) is 0 Å². The molecular formula is C17H18F3N3. The normalized spacial score (nSPS) is 26.0. The van der Waals surface area contributed by atoms with Crippen LogP contribution in [0.2, 0.25) is 2.82 Å². The van der Waals surface area contributed by atoms with Crippen molar-refractivity contribution < 1.29 is 17.4 Å². The van der Waals surface area contributed by atoms with Crippen LogP contribution in [0.15, 0.2) is 48.5 Å². The topological polar surface area (TPSA) is 27.3 Å². The van der Waals surface area contributed by atoms with Crippen molar-refractivity contribution in [2.45, 2.75) is 19.2 Å². The molecule has 23 heavy (non-hydrogen) atoms. The Bertz CT molecular complexity index is 768. The summed E-state index contributed by atoms with van der Waals surface area (Å²) < 4.78 is 62.4. The molecule has 2 N–H and O–H groups in total. The Labute approximate surface area is 137 Å². The van der Waals surface area contributed by atoms with Gasteiger partial charge < -0.3 is 0 Å². The van der Waals surface area contributed by atoms with Gasteiger partial charge in [-0.15, -0.1) is 0 Å². The van der Waals surface area contributed by atoms with Crippen molar-refractivity contribution in [3.05, 3.63) is 59.7 Å². The number of hydrazine groups is 1. The highest BCUT2D eigenvalue weighted by atomic mass is 19.4. The molecule has 2 aromatic rings. The van der Waals surface area contributed by atoms with Crippen LogP contribution in [0.3, 0.4) is 0 Å². The lowest BCUT2D eigenvalue weighted by atomic mass is 10.0. The summed E-state index contributed by atoms with van der Waals surface area (Å²) in [6.45, 7) is 2.49. The van der Waals surface area contributed by atoms with Gasteiger partial charge in [0, 0.05) is 0 Å². The second-order valence-electron chi connectivity index (χ2n) is 5.21. The highest BCUT2D eigenvalue weighted by Gasteiger charge is 2.30. The average molecular weight is 324 g/mol. The first-order chi connectivity index (χ1) is 12.2. The number of nitrogens with one attached hydrogen (secondary N) is 2. The van der Waals surface area contributed by atoms with Gasteiger partial charge in [0.15, 0.2) is 0 Å². The van der Waals surface area contributed by atoms with Crippen LogP contribution in [-0.2, 0) is 6.18 Å². The zero-order valence-electron chi connectivity index (χ0n) is 15.5. The van der Waals surface area contributed by atoms with Crippen LogP contribution in [0.1, 0.15) is 25.6 Å². The second-order valence-corrected chi connectivity index (χ2v) is 5.21. The summed E-state index contributed by atoms with van der Waals surface area (Å²) >= 11 is 0. The maximum Gasteiger partial charge on any atom is 0.416 e. The van der Waals surface area contributed by atoms with Crippen LogP contribution in [0, 0.1) is 0 Å². The fourth-order valence-corrected chi connectivity index (χ4v) is 2.46. The lowest BCUT2D eigenvalue weighted by Crippen LogP contribution is -2.27. The molecule has 0 amide bonds. The van der Waals surface area contributed by atoms with Crippen LogP contribution < -0.4 is 10.8 Å². The molecule has 2 aromatic carbocycles. The van der Waals surface area contributed by atoms with E-state index in [2.05, 4.69) is 0 Å². The van der Waals surface area contributed by atoms with E-state index >= 15 is 0 Å². The van der Waals surface area contributed by atoms with Crippen molar-refractivity contribution in [1.82, 2.24) is 15.7 Å². The Balaban J connectivity index is 1.89. The molecule has 1 aliphatic rings. The van der Waals surface area contributed by atoms with Crippen LogP contribution in [0.5, 0.6) is 0 Å². The molecular weight excluding hydrogens is 303 g/mol. The van der Waals surface area contributed by atoms with E-state index in [4.69, 9.17) is 4.19 Å². The maximum atomic E-state index is 12.7.